The molecule has 0 saturated heterocycles. The van der Waals surface area contributed by atoms with Crippen LogP contribution in [0.3, 0.4) is 0 Å². The zero-order chi connectivity index (χ0) is 19.4. The van der Waals surface area contributed by atoms with Crippen LogP contribution < -0.4 is 10.5 Å². The molecule has 0 bridgehead atoms. The van der Waals surface area contributed by atoms with Crippen molar-refractivity contribution in [2.24, 2.45) is 5.92 Å². The van der Waals surface area contributed by atoms with E-state index in [4.69, 9.17) is 10.5 Å². The highest BCUT2D eigenvalue weighted by molar-refractivity contribution is 7.98. The van der Waals surface area contributed by atoms with Crippen molar-refractivity contribution in [3.05, 3.63) is 24.3 Å². The zero-order valence-electron chi connectivity index (χ0n) is 16.2. The third-order valence-corrected chi connectivity index (χ3v) is 5.19. The molecule has 1 aromatic carbocycles. The van der Waals surface area contributed by atoms with E-state index in [1.165, 1.54) is 27.8 Å². The molecule has 0 aliphatic rings. The van der Waals surface area contributed by atoms with Gasteiger partial charge in [-0.05, 0) is 44.6 Å². The van der Waals surface area contributed by atoms with E-state index in [0.717, 1.165) is 22.9 Å². The summed E-state index contributed by atoms with van der Waals surface area (Å²) in [5.41, 5.74) is 6.87. The predicted octanol–water partition coefficient (Wildman–Crippen LogP) is 3.09. The van der Waals surface area contributed by atoms with Crippen molar-refractivity contribution in [2.45, 2.75) is 12.1 Å². The van der Waals surface area contributed by atoms with Gasteiger partial charge in [0.15, 0.2) is 0 Å². The molecular formula is C17H24ClN7OS2. The van der Waals surface area contributed by atoms with Crippen molar-refractivity contribution in [2.75, 3.05) is 39.2 Å². The Morgan fingerprint density at radius 1 is 1.25 bits per heavy atom. The molecule has 152 valence electrons. The summed E-state index contributed by atoms with van der Waals surface area (Å²) in [5, 5.41) is 14.7. The maximum Gasteiger partial charge on any atom is 0.236 e. The number of aromatic nitrogens is 5. The summed E-state index contributed by atoms with van der Waals surface area (Å²) in [4.78, 5) is 6.32. The van der Waals surface area contributed by atoms with E-state index in [-0.39, 0.29) is 12.4 Å². The number of benzene rings is 1. The number of hydrogen-bond donors (Lipinski definition) is 1. The van der Waals surface area contributed by atoms with Gasteiger partial charge in [0.2, 0.25) is 16.2 Å². The monoisotopic (exact) mass is 441 g/mol. The average Bonchev–Trinajstić information content (AvgIpc) is 3.26. The summed E-state index contributed by atoms with van der Waals surface area (Å²) >= 11 is 2.84. The summed E-state index contributed by atoms with van der Waals surface area (Å²) < 4.78 is 7.37. The topological polar surface area (TPSA) is 95.0 Å². The summed E-state index contributed by atoms with van der Waals surface area (Å²) in [5.74, 6) is 1.61. The summed E-state index contributed by atoms with van der Waals surface area (Å²) in [6, 6.07) is 7.87. The molecule has 0 fully saturated rings. The fraction of sp³-hybridized carbons (Fsp3) is 0.412. The largest absolute Gasteiger partial charge is 0.493 e. The molecule has 0 saturated carbocycles. The first-order chi connectivity index (χ1) is 13.0. The van der Waals surface area contributed by atoms with Crippen molar-refractivity contribution in [3.8, 4) is 21.5 Å². The number of thioether (sulfide) groups is 1. The van der Waals surface area contributed by atoms with Crippen LogP contribution in [0.1, 0.15) is 6.92 Å². The highest BCUT2D eigenvalue weighted by Crippen LogP contribution is 2.28. The molecule has 1 unspecified atom stereocenters. The number of nitrogen functional groups attached to an aromatic ring is 1. The Hall–Kier alpha value is -1.88. The highest BCUT2D eigenvalue weighted by Gasteiger charge is 2.14. The SMILES string of the molecule is CSc1nc(N)n(-c2nnc(-c3ccc(OCC(C)CN(C)C)cc3)s2)n1.Cl. The van der Waals surface area contributed by atoms with Crippen LogP contribution in [0, 0.1) is 5.92 Å². The summed E-state index contributed by atoms with van der Waals surface area (Å²) in [6.45, 7) is 3.86. The first-order valence-corrected chi connectivity index (χ1v) is 10.5. The van der Waals surface area contributed by atoms with Gasteiger partial charge < -0.3 is 15.4 Å². The Bertz CT molecular complexity index is 882. The lowest BCUT2D eigenvalue weighted by Crippen LogP contribution is -2.24. The molecule has 1 atom stereocenters. The average molecular weight is 442 g/mol. The lowest BCUT2D eigenvalue weighted by atomic mass is 10.2. The van der Waals surface area contributed by atoms with E-state index in [2.05, 4.69) is 46.2 Å². The molecule has 2 heterocycles. The Morgan fingerprint density at radius 2 is 1.96 bits per heavy atom. The smallest absolute Gasteiger partial charge is 0.236 e. The molecule has 3 rings (SSSR count). The van der Waals surface area contributed by atoms with E-state index >= 15 is 0 Å². The van der Waals surface area contributed by atoms with Crippen LogP contribution in [-0.2, 0) is 0 Å². The van der Waals surface area contributed by atoms with Crippen LogP contribution in [0.2, 0.25) is 0 Å². The summed E-state index contributed by atoms with van der Waals surface area (Å²) in [7, 11) is 4.13. The van der Waals surface area contributed by atoms with Crippen LogP contribution in [0.25, 0.3) is 15.7 Å². The molecule has 3 aromatic rings. The van der Waals surface area contributed by atoms with Gasteiger partial charge >= 0.3 is 0 Å². The van der Waals surface area contributed by atoms with E-state index in [1.54, 1.807) is 0 Å². The van der Waals surface area contributed by atoms with E-state index < -0.39 is 0 Å². The van der Waals surface area contributed by atoms with Gasteiger partial charge in [0.05, 0.1) is 6.61 Å². The van der Waals surface area contributed by atoms with Gasteiger partial charge in [0, 0.05) is 18.0 Å². The van der Waals surface area contributed by atoms with E-state index in [1.807, 2.05) is 30.5 Å². The fourth-order valence-electron chi connectivity index (χ4n) is 2.56. The third-order valence-electron chi connectivity index (χ3n) is 3.70. The van der Waals surface area contributed by atoms with Crippen molar-refractivity contribution >= 4 is 41.5 Å². The minimum absolute atomic E-state index is 0. The number of rotatable bonds is 8. The summed E-state index contributed by atoms with van der Waals surface area (Å²) in [6.07, 6.45) is 1.90. The lowest BCUT2D eigenvalue weighted by molar-refractivity contribution is 0.222. The van der Waals surface area contributed by atoms with Crippen molar-refractivity contribution in [1.82, 2.24) is 29.9 Å². The number of halogens is 1. The zero-order valence-corrected chi connectivity index (χ0v) is 18.6. The maximum atomic E-state index is 5.90. The molecule has 2 aromatic heterocycles. The second-order valence-corrected chi connectivity index (χ2v) is 8.19. The lowest BCUT2D eigenvalue weighted by Gasteiger charge is -2.17. The van der Waals surface area contributed by atoms with Crippen LogP contribution >= 0.6 is 35.5 Å². The second-order valence-electron chi connectivity index (χ2n) is 6.46. The molecule has 28 heavy (non-hydrogen) atoms. The maximum absolute atomic E-state index is 5.90. The normalized spacial score (nSPS) is 12.0. The minimum Gasteiger partial charge on any atom is -0.493 e. The van der Waals surface area contributed by atoms with Gasteiger partial charge in [-0.15, -0.1) is 27.7 Å². The number of nitrogens with two attached hydrogens (primary N) is 1. The van der Waals surface area contributed by atoms with Gasteiger partial charge in [-0.1, -0.05) is 30.0 Å². The Labute approximate surface area is 178 Å². The second kappa shape index (κ2) is 10.1. The first kappa shape index (κ1) is 22.4. The highest BCUT2D eigenvalue weighted by atomic mass is 35.5. The standard InChI is InChI=1S/C17H23N7OS2.ClH/c1-11(9-23(2)3)10-25-13-7-5-12(6-8-13)14-20-21-17(27-14)24-15(18)19-16(22-24)26-4;/h5-8,11H,9-10H2,1-4H3,(H2,18,19,22);1H. The van der Waals surface area contributed by atoms with Crippen molar-refractivity contribution < 1.29 is 4.74 Å². The molecule has 0 radical (unpaired) electrons. The Kier molecular flexibility index (Phi) is 8.05. The molecule has 11 heteroatoms. The third kappa shape index (κ3) is 5.57. The molecule has 0 spiro atoms. The molecule has 2 N–H and O–H groups in total. The molecule has 0 aliphatic heterocycles. The van der Waals surface area contributed by atoms with Gasteiger partial charge in [-0.3, -0.25) is 0 Å². The van der Waals surface area contributed by atoms with Crippen LogP contribution in [0.15, 0.2) is 29.4 Å². The number of ether oxygens (including phenoxy) is 1. The van der Waals surface area contributed by atoms with Crippen LogP contribution in [0.5, 0.6) is 5.75 Å². The molecule has 0 amide bonds. The molecule has 8 nitrogen and oxygen atoms in total. The van der Waals surface area contributed by atoms with Gasteiger partial charge in [0.1, 0.15) is 10.8 Å². The minimum atomic E-state index is 0. The number of nitrogens with zero attached hydrogens (tertiary/aromatic N) is 6. The van der Waals surface area contributed by atoms with Crippen LogP contribution in [0.4, 0.5) is 5.95 Å². The quantitative estimate of drug-likeness (QED) is 0.533. The molecule has 0 aliphatic carbocycles. The first-order valence-electron chi connectivity index (χ1n) is 8.44. The number of hydrogen-bond acceptors (Lipinski definition) is 9. The van der Waals surface area contributed by atoms with E-state index in [9.17, 15) is 0 Å². The van der Waals surface area contributed by atoms with Crippen molar-refractivity contribution in [1.29, 1.82) is 0 Å². The molecular weight excluding hydrogens is 418 g/mol. The van der Waals surface area contributed by atoms with Gasteiger partial charge in [0.25, 0.3) is 0 Å². The van der Waals surface area contributed by atoms with Gasteiger partial charge in [-0.2, -0.15) is 9.67 Å². The Balaban J connectivity index is 0.00000280. The fourth-order valence-corrected chi connectivity index (χ4v) is 3.72. The Morgan fingerprint density at radius 3 is 2.57 bits per heavy atom. The van der Waals surface area contributed by atoms with Crippen LogP contribution in [-0.4, -0.2) is 63.4 Å². The van der Waals surface area contributed by atoms with Crippen molar-refractivity contribution in [3.63, 3.8) is 0 Å². The van der Waals surface area contributed by atoms with E-state index in [0.29, 0.717) is 28.8 Å². The van der Waals surface area contributed by atoms with Gasteiger partial charge in [-0.25, -0.2) is 0 Å². The number of anilines is 1. The predicted molar refractivity (Wildman–Crippen MR) is 117 cm³/mol.